The Morgan fingerprint density at radius 1 is 0.814 bits per heavy atom. The number of piperidine rings is 1. The first-order valence-electron chi connectivity index (χ1n) is 20.0. The van der Waals surface area contributed by atoms with Crippen LogP contribution in [-0.2, 0) is 29.7 Å². The second kappa shape index (κ2) is 17.2. The number of carbonyl (C=O) groups is 3. The molecule has 0 aromatic heterocycles. The first-order chi connectivity index (χ1) is 28.7. The van der Waals surface area contributed by atoms with E-state index in [1.165, 1.54) is 29.2 Å². The molecule has 1 fully saturated rings. The van der Waals surface area contributed by atoms with Crippen molar-refractivity contribution in [3.8, 4) is 22.6 Å². The summed E-state index contributed by atoms with van der Waals surface area (Å²) in [6.45, 7) is 0.956. The average molecular weight is 814 g/mol. The van der Waals surface area contributed by atoms with E-state index >= 15 is 0 Å². The molecule has 304 valence electrons. The third kappa shape index (κ3) is 8.12. The number of likely N-dealkylation sites (tertiary alicyclic amines) is 1. The van der Waals surface area contributed by atoms with Crippen LogP contribution in [0.1, 0.15) is 64.2 Å². The number of aldehydes is 1. The van der Waals surface area contributed by atoms with Crippen molar-refractivity contribution < 1.29 is 37.0 Å². The first-order valence-corrected chi connectivity index (χ1v) is 21.5. The van der Waals surface area contributed by atoms with Gasteiger partial charge in [0.1, 0.15) is 24.4 Å². The van der Waals surface area contributed by atoms with Gasteiger partial charge in [-0.25, -0.2) is 17.9 Å². The summed E-state index contributed by atoms with van der Waals surface area (Å²) in [5.41, 5.74) is 5.96. The largest absolute Gasteiger partial charge is 0.457 e. The Morgan fingerprint density at radius 3 is 2.05 bits per heavy atom. The lowest BCUT2D eigenvalue weighted by Crippen LogP contribution is -2.56. The van der Waals surface area contributed by atoms with Crippen molar-refractivity contribution in [2.75, 3.05) is 40.0 Å². The van der Waals surface area contributed by atoms with Crippen molar-refractivity contribution in [2.45, 2.75) is 48.0 Å². The fourth-order valence-electron chi connectivity index (χ4n) is 8.99. The lowest BCUT2D eigenvalue weighted by Gasteiger charge is -2.41. The van der Waals surface area contributed by atoms with Crippen LogP contribution in [0.5, 0.6) is 11.5 Å². The molecule has 2 aliphatic heterocycles. The molecule has 0 spiro atoms. The molecule has 5 aromatic rings. The average Bonchev–Trinajstić information content (AvgIpc) is 3.59. The van der Waals surface area contributed by atoms with Crippen LogP contribution in [0.15, 0.2) is 126 Å². The van der Waals surface area contributed by atoms with Gasteiger partial charge in [0.25, 0.3) is 0 Å². The second-order valence-electron chi connectivity index (χ2n) is 15.5. The molecule has 2 heterocycles. The SMILES string of the molecule is COCCCCC1(CNC(=O)C2CC(NS(=O)(=O)c3ccc(C=O)cc3)CN(C(=O)OCC3c4ccccc4-c4ccccc43)C2)c2ccccc2Oc2ccccc21. The Balaban J connectivity index is 1.05. The van der Waals surface area contributed by atoms with Crippen LogP contribution in [0.25, 0.3) is 11.1 Å². The molecule has 1 aliphatic carbocycles. The fourth-order valence-corrected chi connectivity index (χ4v) is 10.2. The van der Waals surface area contributed by atoms with Crippen molar-refractivity contribution in [1.82, 2.24) is 14.9 Å². The minimum absolute atomic E-state index is 0.00632. The highest BCUT2D eigenvalue weighted by Crippen LogP contribution is 2.50. The maximum Gasteiger partial charge on any atom is 0.409 e. The van der Waals surface area contributed by atoms with Gasteiger partial charge in [-0.05, 0) is 72.2 Å². The van der Waals surface area contributed by atoms with Crippen LogP contribution < -0.4 is 14.8 Å². The van der Waals surface area contributed by atoms with Crippen molar-refractivity contribution in [2.24, 2.45) is 5.92 Å². The lowest BCUT2D eigenvalue weighted by atomic mass is 9.69. The van der Waals surface area contributed by atoms with Crippen molar-refractivity contribution in [3.63, 3.8) is 0 Å². The smallest absolute Gasteiger partial charge is 0.409 e. The van der Waals surface area contributed by atoms with Gasteiger partial charge in [0, 0.05) is 67.4 Å². The number of para-hydroxylation sites is 2. The predicted molar refractivity (Wildman–Crippen MR) is 223 cm³/mol. The minimum Gasteiger partial charge on any atom is -0.457 e. The molecular weight excluding hydrogens is 767 g/mol. The second-order valence-corrected chi connectivity index (χ2v) is 17.2. The van der Waals surface area contributed by atoms with E-state index in [1.54, 1.807) is 7.11 Å². The highest BCUT2D eigenvalue weighted by molar-refractivity contribution is 7.89. The van der Waals surface area contributed by atoms with Gasteiger partial charge in [0.05, 0.1) is 10.8 Å². The molecule has 2 atom stereocenters. The number of unbranched alkanes of at least 4 members (excludes halogenated alkanes) is 1. The van der Waals surface area contributed by atoms with E-state index in [0.717, 1.165) is 57.7 Å². The molecule has 1 saturated heterocycles. The molecule has 0 radical (unpaired) electrons. The van der Waals surface area contributed by atoms with E-state index in [2.05, 4.69) is 22.2 Å². The first kappa shape index (κ1) is 40.0. The summed E-state index contributed by atoms with van der Waals surface area (Å²) in [6.07, 6.45) is 2.50. The number of benzene rings is 5. The van der Waals surface area contributed by atoms with E-state index in [-0.39, 0.29) is 49.4 Å². The Labute approximate surface area is 344 Å². The molecule has 59 heavy (non-hydrogen) atoms. The third-order valence-corrected chi connectivity index (χ3v) is 13.4. The van der Waals surface area contributed by atoms with Crippen molar-refractivity contribution in [1.29, 1.82) is 0 Å². The molecule has 2 amide bonds. The molecular formula is C47H47N3O8S. The zero-order valence-electron chi connectivity index (χ0n) is 32.8. The van der Waals surface area contributed by atoms with Crippen LogP contribution in [0.3, 0.4) is 0 Å². The zero-order chi connectivity index (χ0) is 41.0. The number of ether oxygens (including phenoxy) is 3. The minimum atomic E-state index is -4.10. The topological polar surface area (TPSA) is 140 Å². The number of hydrogen-bond donors (Lipinski definition) is 2. The summed E-state index contributed by atoms with van der Waals surface area (Å²) >= 11 is 0. The number of carbonyl (C=O) groups excluding carboxylic acids is 3. The molecule has 12 heteroatoms. The molecule has 2 N–H and O–H groups in total. The van der Waals surface area contributed by atoms with Crippen molar-refractivity contribution >= 4 is 28.3 Å². The zero-order valence-corrected chi connectivity index (χ0v) is 33.7. The highest BCUT2D eigenvalue weighted by atomic mass is 32.2. The fraction of sp³-hybridized carbons (Fsp3) is 0.298. The van der Waals surface area contributed by atoms with Crippen LogP contribution in [0.2, 0.25) is 0 Å². The number of sulfonamides is 1. The molecule has 11 nitrogen and oxygen atoms in total. The number of rotatable bonds is 14. The summed E-state index contributed by atoms with van der Waals surface area (Å²) in [6, 6.07) is 36.7. The lowest BCUT2D eigenvalue weighted by molar-refractivity contribution is -0.127. The molecule has 8 rings (SSSR count). The van der Waals surface area contributed by atoms with Gasteiger partial charge >= 0.3 is 6.09 Å². The number of hydrogen-bond acceptors (Lipinski definition) is 8. The van der Waals surface area contributed by atoms with Crippen LogP contribution in [0.4, 0.5) is 4.79 Å². The third-order valence-electron chi connectivity index (χ3n) is 11.9. The van der Waals surface area contributed by atoms with E-state index in [0.29, 0.717) is 24.9 Å². The van der Waals surface area contributed by atoms with Crippen molar-refractivity contribution in [3.05, 3.63) is 149 Å². The molecule has 0 saturated carbocycles. The van der Waals surface area contributed by atoms with E-state index < -0.39 is 33.5 Å². The number of amides is 2. The number of methoxy groups -OCH3 is 1. The van der Waals surface area contributed by atoms with Gasteiger partial charge < -0.3 is 24.4 Å². The highest BCUT2D eigenvalue weighted by Gasteiger charge is 2.43. The van der Waals surface area contributed by atoms with Crippen LogP contribution in [-0.4, -0.2) is 77.6 Å². The number of nitrogens with one attached hydrogen (secondary N) is 2. The van der Waals surface area contributed by atoms with Gasteiger partial charge in [-0.1, -0.05) is 97.1 Å². The summed E-state index contributed by atoms with van der Waals surface area (Å²) in [5.74, 6) is 0.191. The maximum atomic E-state index is 14.5. The summed E-state index contributed by atoms with van der Waals surface area (Å²) in [5, 5.41) is 3.26. The Kier molecular flexibility index (Phi) is 11.6. The van der Waals surface area contributed by atoms with Crippen LogP contribution in [0, 0.1) is 5.92 Å². The Bertz CT molecular complexity index is 2360. The monoisotopic (exact) mass is 813 g/mol. The molecule has 5 aromatic carbocycles. The normalized spacial score (nSPS) is 17.7. The van der Waals surface area contributed by atoms with E-state index in [4.69, 9.17) is 14.2 Å². The quantitative estimate of drug-likeness (QED) is 0.0872. The summed E-state index contributed by atoms with van der Waals surface area (Å²) in [4.78, 5) is 41.2. The number of nitrogens with zero attached hydrogens (tertiary/aromatic N) is 1. The molecule has 0 bridgehead atoms. The van der Waals surface area contributed by atoms with E-state index in [1.807, 2.05) is 84.9 Å². The predicted octanol–water partition coefficient (Wildman–Crippen LogP) is 7.44. The standard InChI is InChI=1S/C47H47N3O8S/c1-56-25-11-10-24-47(41-16-6-8-18-43(41)58-44-19-9-7-17-42(44)47)31-48-45(52)33-26-34(49-59(54,55)35-22-20-32(29-51)21-23-35)28-50(27-33)46(53)57-30-40-38-14-4-2-12-36(38)37-13-3-5-15-39(37)40/h2-9,12-23,29,33-34,40,49H,10-11,24-28,30-31H2,1H3,(H,48,52). The Hall–Kier alpha value is -5.82. The van der Waals surface area contributed by atoms with Gasteiger partial charge in [0.15, 0.2) is 0 Å². The maximum absolute atomic E-state index is 14.5. The summed E-state index contributed by atoms with van der Waals surface area (Å²) < 4.78 is 47.9. The van der Waals surface area contributed by atoms with Gasteiger partial charge in [0.2, 0.25) is 15.9 Å². The van der Waals surface area contributed by atoms with E-state index in [9.17, 15) is 22.8 Å². The molecule has 2 unspecified atom stereocenters. The van der Waals surface area contributed by atoms with Gasteiger partial charge in [-0.3, -0.25) is 9.59 Å². The van der Waals surface area contributed by atoms with Gasteiger partial charge in [-0.2, -0.15) is 0 Å². The summed E-state index contributed by atoms with van der Waals surface area (Å²) in [7, 11) is -2.41. The Morgan fingerprint density at radius 2 is 1.42 bits per heavy atom. The molecule has 3 aliphatic rings. The van der Waals surface area contributed by atoms with Gasteiger partial charge in [-0.15, -0.1) is 0 Å². The number of fused-ring (bicyclic) bond motifs is 5. The van der Waals surface area contributed by atoms with Crippen LogP contribution >= 0.6 is 0 Å².